The van der Waals surface area contributed by atoms with Gasteiger partial charge in [0.05, 0.1) is 5.52 Å². The Labute approximate surface area is 133 Å². The fourth-order valence-corrected chi connectivity index (χ4v) is 3.78. The van der Waals surface area contributed by atoms with Gasteiger partial charge in [0, 0.05) is 31.1 Å². The Morgan fingerprint density at radius 3 is 2.48 bits per heavy atom. The van der Waals surface area contributed by atoms with E-state index in [0.29, 0.717) is 11.6 Å². The van der Waals surface area contributed by atoms with E-state index in [4.69, 9.17) is 4.74 Å². The Kier molecular flexibility index (Phi) is 2.91. The minimum Gasteiger partial charge on any atom is -0.434 e. The van der Waals surface area contributed by atoms with Crippen LogP contribution >= 0.6 is 0 Å². The molecule has 0 atom stereocenters. The summed E-state index contributed by atoms with van der Waals surface area (Å²) in [6.45, 7) is 4.23. The SMILES string of the molecule is CC(C)c1ccc2c(c1)cc1n2C2(CCC(F)(F)CC2)OC1=O. The zero-order chi connectivity index (χ0) is 16.4. The number of carbonyl (C=O) groups is 1. The van der Waals surface area contributed by atoms with Crippen LogP contribution in [-0.4, -0.2) is 16.5 Å². The highest BCUT2D eigenvalue weighted by Crippen LogP contribution is 2.48. The van der Waals surface area contributed by atoms with Gasteiger partial charge >= 0.3 is 5.97 Å². The molecule has 122 valence electrons. The summed E-state index contributed by atoms with van der Waals surface area (Å²) in [6.07, 6.45) is -0.171. The Morgan fingerprint density at radius 2 is 1.83 bits per heavy atom. The summed E-state index contributed by atoms with van der Waals surface area (Å²) in [5.41, 5.74) is 1.63. The smallest absolute Gasteiger partial charge is 0.357 e. The molecule has 0 saturated heterocycles. The fourth-order valence-electron chi connectivity index (χ4n) is 3.78. The first-order valence-corrected chi connectivity index (χ1v) is 8.08. The third-order valence-corrected chi connectivity index (χ3v) is 5.15. The van der Waals surface area contributed by atoms with Crippen LogP contribution in [0.15, 0.2) is 24.3 Å². The summed E-state index contributed by atoms with van der Waals surface area (Å²) in [5, 5.41) is 0.972. The van der Waals surface area contributed by atoms with Crippen molar-refractivity contribution in [1.82, 2.24) is 4.57 Å². The third-order valence-electron chi connectivity index (χ3n) is 5.15. The number of alkyl halides is 2. The number of hydrogen-bond donors (Lipinski definition) is 0. The van der Waals surface area contributed by atoms with Gasteiger partial charge in [-0.1, -0.05) is 19.9 Å². The van der Waals surface area contributed by atoms with Crippen LogP contribution in [0.25, 0.3) is 10.9 Å². The molecule has 1 aromatic carbocycles. The largest absolute Gasteiger partial charge is 0.434 e. The summed E-state index contributed by atoms with van der Waals surface area (Å²) in [5.74, 6) is -2.67. The molecule has 4 rings (SSSR count). The van der Waals surface area contributed by atoms with E-state index < -0.39 is 17.6 Å². The monoisotopic (exact) mass is 319 g/mol. The number of carbonyl (C=O) groups excluding carboxylic acids is 1. The highest BCUT2D eigenvalue weighted by atomic mass is 19.3. The van der Waals surface area contributed by atoms with Crippen molar-refractivity contribution < 1.29 is 18.3 Å². The van der Waals surface area contributed by atoms with Crippen LogP contribution in [-0.2, 0) is 10.5 Å². The highest BCUT2D eigenvalue weighted by molar-refractivity contribution is 5.98. The van der Waals surface area contributed by atoms with Crippen molar-refractivity contribution in [2.75, 3.05) is 0 Å². The summed E-state index contributed by atoms with van der Waals surface area (Å²) in [4.78, 5) is 12.3. The first-order valence-electron chi connectivity index (χ1n) is 8.08. The lowest BCUT2D eigenvalue weighted by Gasteiger charge is -2.37. The van der Waals surface area contributed by atoms with Crippen LogP contribution < -0.4 is 0 Å². The lowest BCUT2D eigenvalue weighted by atomic mass is 9.88. The molecule has 23 heavy (non-hydrogen) atoms. The molecule has 1 aromatic heterocycles. The van der Waals surface area contributed by atoms with Gasteiger partial charge in [0.15, 0.2) is 5.72 Å². The molecule has 1 aliphatic carbocycles. The maximum absolute atomic E-state index is 13.5. The Morgan fingerprint density at radius 1 is 1.13 bits per heavy atom. The molecule has 1 spiro atoms. The highest BCUT2D eigenvalue weighted by Gasteiger charge is 2.52. The molecule has 2 aromatic rings. The van der Waals surface area contributed by atoms with E-state index in [-0.39, 0.29) is 25.7 Å². The summed E-state index contributed by atoms with van der Waals surface area (Å²) in [6, 6.07) is 7.91. The van der Waals surface area contributed by atoms with Crippen LogP contribution in [0, 0.1) is 0 Å². The number of fused-ring (bicyclic) bond motifs is 4. The molecule has 2 heterocycles. The van der Waals surface area contributed by atoms with Crippen molar-refractivity contribution in [3.63, 3.8) is 0 Å². The molecule has 0 N–H and O–H groups in total. The van der Waals surface area contributed by atoms with E-state index >= 15 is 0 Å². The van der Waals surface area contributed by atoms with Gasteiger partial charge in [0.2, 0.25) is 5.92 Å². The third kappa shape index (κ3) is 2.09. The predicted molar refractivity (Wildman–Crippen MR) is 82.8 cm³/mol. The molecule has 0 radical (unpaired) electrons. The lowest BCUT2D eigenvalue weighted by Crippen LogP contribution is -2.40. The summed E-state index contributed by atoms with van der Waals surface area (Å²) >= 11 is 0. The van der Waals surface area contributed by atoms with Crippen molar-refractivity contribution in [1.29, 1.82) is 0 Å². The lowest BCUT2D eigenvalue weighted by molar-refractivity contribution is -0.132. The first kappa shape index (κ1) is 14.7. The van der Waals surface area contributed by atoms with E-state index in [0.717, 1.165) is 10.9 Å². The van der Waals surface area contributed by atoms with Gasteiger partial charge in [-0.25, -0.2) is 13.6 Å². The second-order valence-corrected chi connectivity index (χ2v) is 7.03. The van der Waals surface area contributed by atoms with Crippen LogP contribution in [0.1, 0.15) is 61.5 Å². The van der Waals surface area contributed by atoms with Gasteiger partial charge in [-0.2, -0.15) is 0 Å². The summed E-state index contributed by atoms with van der Waals surface area (Å²) in [7, 11) is 0. The van der Waals surface area contributed by atoms with Crippen LogP contribution in [0.2, 0.25) is 0 Å². The fraction of sp³-hybridized carbons (Fsp3) is 0.500. The van der Waals surface area contributed by atoms with Crippen molar-refractivity contribution in [2.24, 2.45) is 0 Å². The molecule has 0 unspecified atom stereocenters. The standard InChI is InChI=1S/C18H19F2NO2/c1-11(2)12-3-4-14-13(9-12)10-15-16(22)23-18(21(14)15)7-5-17(19,20)6-8-18/h3-4,9-11H,5-8H2,1-2H3. The summed E-state index contributed by atoms with van der Waals surface area (Å²) < 4.78 is 34.5. The van der Waals surface area contributed by atoms with Gasteiger partial charge in [0.25, 0.3) is 0 Å². The van der Waals surface area contributed by atoms with Crippen LogP contribution in [0.5, 0.6) is 0 Å². The number of rotatable bonds is 1. The van der Waals surface area contributed by atoms with E-state index in [1.54, 1.807) is 0 Å². The van der Waals surface area contributed by atoms with Crippen molar-refractivity contribution in [3.8, 4) is 0 Å². The van der Waals surface area contributed by atoms with Crippen LogP contribution in [0.3, 0.4) is 0 Å². The number of halogens is 2. The maximum Gasteiger partial charge on any atom is 0.357 e. The first-order chi connectivity index (χ1) is 10.8. The molecule has 0 bridgehead atoms. The minimum atomic E-state index is -2.66. The number of ether oxygens (including phenoxy) is 1. The van der Waals surface area contributed by atoms with E-state index in [2.05, 4.69) is 19.9 Å². The minimum absolute atomic E-state index is 0.161. The zero-order valence-corrected chi connectivity index (χ0v) is 13.2. The van der Waals surface area contributed by atoms with Gasteiger partial charge < -0.3 is 4.74 Å². The number of nitrogens with zero attached hydrogens (tertiary/aromatic N) is 1. The zero-order valence-electron chi connectivity index (χ0n) is 13.2. The maximum atomic E-state index is 13.5. The van der Waals surface area contributed by atoms with Gasteiger partial charge in [-0.05, 0) is 29.7 Å². The molecule has 3 nitrogen and oxygen atoms in total. The quantitative estimate of drug-likeness (QED) is 0.707. The number of benzene rings is 1. The molecule has 1 fully saturated rings. The number of hydrogen-bond acceptors (Lipinski definition) is 2. The van der Waals surface area contributed by atoms with E-state index in [1.165, 1.54) is 5.56 Å². The molecule has 2 aliphatic rings. The normalized spacial score (nSPS) is 21.9. The average molecular weight is 319 g/mol. The van der Waals surface area contributed by atoms with Crippen molar-refractivity contribution in [2.45, 2.75) is 57.1 Å². The van der Waals surface area contributed by atoms with E-state index in [1.807, 2.05) is 22.8 Å². The molecular formula is C18H19F2NO2. The van der Waals surface area contributed by atoms with Crippen molar-refractivity contribution >= 4 is 16.9 Å². The average Bonchev–Trinajstić information content (AvgIpc) is 2.99. The van der Waals surface area contributed by atoms with Gasteiger partial charge in [0.1, 0.15) is 5.69 Å². The van der Waals surface area contributed by atoms with Gasteiger partial charge in [-0.3, -0.25) is 4.57 Å². The Hall–Kier alpha value is -1.91. The molecule has 1 saturated carbocycles. The van der Waals surface area contributed by atoms with Gasteiger partial charge in [-0.15, -0.1) is 0 Å². The van der Waals surface area contributed by atoms with Crippen LogP contribution in [0.4, 0.5) is 8.78 Å². The topological polar surface area (TPSA) is 31.2 Å². The molecular weight excluding hydrogens is 300 g/mol. The second kappa shape index (κ2) is 4.56. The van der Waals surface area contributed by atoms with Crippen molar-refractivity contribution in [3.05, 3.63) is 35.5 Å². The molecule has 0 amide bonds. The predicted octanol–water partition coefficient (Wildman–Crippen LogP) is 4.80. The number of aromatic nitrogens is 1. The Balaban J connectivity index is 1.85. The molecule has 1 aliphatic heterocycles. The van der Waals surface area contributed by atoms with E-state index in [9.17, 15) is 13.6 Å². The molecule has 5 heteroatoms. The second-order valence-electron chi connectivity index (χ2n) is 7.03. The number of esters is 1. The Bertz CT molecular complexity index is 797.